The van der Waals surface area contributed by atoms with Gasteiger partial charge in [-0.2, -0.15) is 0 Å². The van der Waals surface area contributed by atoms with Gasteiger partial charge in [-0.1, -0.05) is 0 Å². The van der Waals surface area contributed by atoms with Crippen LogP contribution < -0.4 is 0 Å². The topological polar surface area (TPSA) is 12.5 Å². The number of ether oxygens (including phenoxy) is 1. The summed E-state index contributed by atoms with van der Waals surface area (Å²) < 4.78 is 5.20. The van der Waals surface area contributed by atoms with Crippen LogP contribution in [0.15, 0.2) is 12.5 Å². The molecule has 2 heteroatoms. The third kappa shape index (κ3) is 0.782. The maximum absolute atomic E-state index is 5.20. The molecule has 8 heavy (non-hydrogen) atoms. The Morgan fingerprint density at radius 2 is 2.50 bits per heavy atom. The van der Waals surface area contributed by atoms with E-state index in [-0.39, 0.29) is 0 Å². The molecule has 1 fully saturated rings. The highest BCUT2D eigenvalue weighted by molar-refractivity contribution is 4.89. The van der Waals surface area contributed by atoms with Crippen molar-refractivity contribution in [2.45, 2.75) is 13.0 Å². The van der Waals surface area contributed by atoms with Crippen molar-refractivity contribution in [2.24, 2.45) is 0 Å². The summed E-state index contributed by atoms with van der Waals surface area (Å²) in [6.45, 7) is 6.70. The summed E-state index contributed by atoms with van der Waals surface area (Å²) >= 11 is 0. The first-order chi connectivity index (χ1) is 3.70. The Labute approximate surface area is 49.7 Å². The summed E-state index contributed by atoms with van der Waals surface area (Å²) in [7, 11) is 1.98. The number of hydrogen-bond acceptors (Lipinski definition) is 2. The highest BCUT2D eigenvalue weighted by atomic mass is 16.5. The number of hydrogen-bond donors (Lipinski definition) is 0. The molecule has 0 aliphatic carbocycles. The van der Waals surface area contributed by atoms with Gasteiger partial charge in [0.25, 0.3) is 0 Å². The summed E-state index contributed by atoms with van der Waals surface area (Å²) in [5.74, 6) is 0.789. The standard InChI is InChI=1S/C6H11NO/c1-5-4-7(3)6(2)8-5/h5H,2,4H2,1,3H3/t5-/m1/s1. The molecule has 1 aliphatic rings. The van der Waals surface area contributed by atoms with Crippen LogP contribution in [0.2, 0.25) is 0 Å². The highest BCUT2D eigenvalue weighted by Crippen LogP contribution is 2.13. The van der Waals surface area contributed by atoms with Crippen LogP contribution >= 0.6 is 0 Å². The highest BCUT2D eigenvalue weighted by Gasteiger charge is 2.18. The fraction of sp³-hybridized carbons (Fsp3) is 0.667. The van der Waals surface area contributed by atoms with E-state index in [0.29, 0.717) is 6.10 Å². The molecule has 0 bridgehead atoms. The van der Waals surface area contributed by atoms with Gasteiger partial charge in [-0.05, 0) is 13.5 Å². The molecule has 0 aromatic rings. The molecule has 1 heterocycles. The monoisotopic (exact) mass is 113 g/mol. The summed E-state index contributed by atoms with van der Waals surface area (Å²) in [6.07, 6.45) is 0.326. The van der Waals surface area contributed by atoms with Crippen molar-refractivity contribution in [1.82, 2.24) is 4.90 Å². The van der Waals surface area contributed by atoms with E-state index in [1.54, 1.807) is 0 Å². The predicted octanol–water partition coefficient (Wildman–Crippen LogP) is 0.808. The third-order valence-electron chi connectivity index (χ3n) is 1.29. The average Bonchev–Trinajstić information content (AvgIpc) is 1.85. The SMILES string of the molecule is C=C1O[C@H](C)CN1C. The van der Waals surface area contributed by atoms with Crippen LogP contribution in [0.1, 0.15) is 6.92 Å². The molecule has 0 N–H and O–H groups in total. The van der Waals surface area contributed by atoms with Gasteiger partial charge in [0.15, 0.2) is 5.88 Å². The Bertz CT molecular complexity index is 111. The molecular weight excluding hydrogens is 102 g/mol. The molecule has 46 valence electrons. The molecule has 0 aromatic carbocycles. The van der Waals surface area contributed by atoms with Gasteiger partial charge >= 0.3 is 0 Å². The maximum Gasteiger partial charge on any atom is 0.182 e. The van der Waals surface area contributed by atoms with Gasteiger partial charge in [0.05, 0.1) is 6.54 Å². The zero-order valence-corrected chi connectivity index (χ0v) is 5.35. The smallest absolute Gasteiger partial charge is 0.182 e. The quantitative estimate of drug-likeness (QED) is 0.461. The second-order valence-electron chi connectivity index (χ2n) is 2.20. The minimum absolute atomic E-state index is 0.326. The molecular formula is C6H11NO. The lowest BCUT2D eigenvalue weighted by Gasteiger charge is -2.05. The molecule has 0 spiro atoms. The lowest BCUT2D eigenvalue weighted by atomic mass is 10.4. The van der Waals surface area contributed by atoms with Crippen LogP contribution in [-0.2, 0) is 4.74 Å². The second-order valence-corrected chi connectivity index (χ2v) is 2.20. The van der Waals surface area contributed by atoms with Crippen LogP contribution in [-0.4, -0.2) is 24.6 Å². The molecule has 0 radical (unpaired) electrons. The molecule has 0 unspecified atom stereocenters. The fourth-order valence-corrected chi connectivity index (χ4v) is 0.847. The largest absolute Gasteiger partial charge is 0.475 e. The Kier molecular flexibility index (Phi) is 1.16. The summed E-state index contributed by atoms with van der Waals surface area (Å²) in [4.78, 5) is 2.00. The van der Waals surface area contributed by atoms with Crippen molar-refractivity contribution < 1.29 is 4.74 Å². The molecule has 1 aliphatic heterocycles. The van der Waals surface area contributed by atoms with Gasteiger partial charge in [0.1, 0.15) is 6.10 Å². The van der Waals surface area contributed by atoms with Crippen molar-refractivity contribution in [3.05, 3.63) is 12.5 Å². The van der Waals surface area contributed by atoms with Crippen LogP contribution in [0.5, 0.6) is 0 Å². The first-order valence-electron chi connectivity index (χ1n) is 2.77. The Morgan fingerprint density at radius 1 is 1.88 bits per heavy atom. The maximum atomic E-state index is 5.20. The predicted molar refractivity (Wildman–Crippen MR) is 32.3 cm³/mol. The first kappa shape index (κ1) is 5.48. The molecule has 0 saturated carbocycles. The lowest BCUT2D eigenvalue weighted by Crippen LogP contribution is -2.13. The van der Waals surface area contributed by atoms with Crippen LogP contribution in [0.3, 0.4) is 0 Å². The zero-order chi connectivity index (χ0) is 6.15. The Morgan fingerprint density at radius 3 is 2.62 bits per heavy atom. The van der Waals surface area contributed by atoms with Crippen molar-refractivity contribution in [3.63, 3.8) is 0 Å². The molecule has 0 aromatic heterocycles. The Balaban J connectivity index is 2.51. The van der Waals surface area contributed by atoms with E-state index in [1.165, 1.54) is 0 Å². The normalized spacial score (nSPS) is 28.5. The first-order valence-corrected chi connectivity index (χ1v) is 2.77. The third-order valence-corrected chi connectivity index (χ3v) is 1.29. The summed E-state index contributed by atoms with van der Waals surface area (Å²) in [6, 6.07) is 0. The van der Waals surface area contributed by atoms with E-state index in [2.05, 4.69) is 6.58 Å². The van der Waals surface area contributed by atoms with E-state index in [9.17, 15) is 0 Å². The molecule has 1 rings (SSSR count). The van der Waals surface area contributed by atoms with Gasteiger partial charge in [-0.3, -0.25) is 0 Å². The molecule has 0 amide bonds. The number of nitrogens with zero attached hydrogens (tertiary/aromatic N) is 1. The van der Waals surface area contributed by atoms with Crippen LogP contribution in [0.25, 0.3) is 0 Å². The summed E-state index contributed by atoms with van der Waals surface area (Å²) in [5.41, 5.74) is 0. The molecule has 2 nitrogen and oxygen atoms in total. The van der Waals surface area contributed by atoms with E-state index < -0.39 is 0 Å². The van der Waals surface area contributed by atoms with Gasteiger partial charge in [0, 0.05) is 7.05 Å². The number of likely N-dealkylation sites (N-methyl/N-ethyl adjacent to an activating group) is 1. The van der Waals surface area contributed by atoms with E-state index in [0.717, 1.165) is 12.4 Å². The fourth-order valence-electron chi connectivity index (χ4n) is 0.847. The minimum atomic E-state index is 0.326. The van der Waals surface area contributed by atoms with Gasteiger partial charge in [0.2, 0.25) is 0 Å². The van der Waals surface area contributed by atoms with Gasteiger partial charge in [-0.25, -0.2) is 0 Å². The van der Waals surface area contributed by atoms with E-state index in [1.807, 2.05) is 18.9 Å². The van der Waals surface area contributed by atoms with E-state index in [4.69, 9.17) is 4.74 Å². The van der Waals surface area contributed by atoms with Crippen LogP contribution in [0.4, 0.5) is 0 Å². The minimum Gasteiger partial charge on any atom is -0.475 e. The number of rotatable bonds is 0. The lowest BCUT2D eigenvalue weighted by molar-refractivity contribution is 0.179. The van der Waals surface area contributed by atoms with Crippen LogP contribution in [0, 0.1) is 0 Å². The van der Waals surface area contributed by atoms with Crippen molar-refractivity contribution >= 4 is 0 Å². The van der Waals surface area contributed by atoms with E-state index >= 15 is 0 Å². The summed E-state index contributed by atoms with van der Waals surface area (Å²) in [5, 5.41) is 0. The van der Waals surface area contributed by atoms with Gasteiger partial charge in [-0.15, -0.1) is 0 Å². The average molecular weight is 113 g/mol. The second kappa shape index (κ2) is 1.69. The molecule has 1 atom stereocenters. The molecule has 1 saturated heterocycles. The van der Waals surface area contributed by atoms with Gasteiger partial charge < -0.3 is 9.64 Å². The Hall–Kier alpha value is -0.660. The van der Waals surface area contributed by atoms with Crippen molar-refractivity contribution in [1.29, 1.82) is 0 Å². The van der Waals surface area contributed by atoms with Crippen molar-refractivity contribution in [3.8, 4) is 0 Å². The van der Waals surface area contributed by atoms with Crippen molar-refractivity contribution in [2.75, 3.05) is 13.6 Å². The zero-order valence-electron chi connectivity index (χ0n) is 5.35.